The molecule has 3 aliphatic rings. The van der Waals surface area contributed by atoms with Gasteiger partial charge in [0.25, 0.3) is 0 Å². The van der Waals surface area contributed by atoms with Gasteiger partial charge in [-0.1, -0.05) is 6.07 Å². The minimum atomic E-state index is -1.64. The van der Waals surface area contributed by atoms with Gasteiger partial charge in [-0.25, -0.2) is 0 Å². The molecule has 0 spiro atoms. The maximum atomic E-state index is 13.4. The molecule has 0 aliphatic carbocycles. The lowest BCUT2D eigenvalue weighted by Crippen LogP contribution is -2.60. The van der Waals surface area contributed by atoms with Crippen molar-refractivity contribution >= 4 is 5.78 Å². The predicted octanol–water partition coefficient (Wildman–Crippen LogP) is -0.333. The maximum absolute atomic E-state index is 13.4. The highest BCUT2D eigenvalue weighted by Gasteiger charge is 2.45. The van der Waals surface area contributed by atoms with E-state index in [1.54, 1.807) is 12.1 Å². The normalized spacial score (nSPS) is 29.3. The molecule has 188 valence electrons. The summed E-state index contributed by atoms with van der Waals surface area (Å²) in [5.74, 6) is -0.411. The van der Waals surface area contributed by atoms with Gasteiger partial charge in [0, 0.05) is 17.7 Å². The van der Waals surface area contributed by atoms with Crippen molar-refractivity contribution in [2.24, 2.45) is 0 Å². The molecule has 2 aromatic carbocycles. The molecule has 5 rings (SSSR count). The zero-order valence-electron chi connectivity index (χ0n) is 18.5. The number of methoxy groups -OCH3 is 1. The monoisotopic (exact) mass is 492 g/mol. The van der Waals surface area contributed by atoms with E-state index in [0.717, 1.165) is 6.07 Å². The van der Waals surface area contributed by atoms with Crippen LogP contribution in [0.2, 0.25) is 0 Å². The van der Waals surface area contributed by atoms with E-state index in [2.05, 4.69) is 0 Å². The number of fused-ring (bicyclic) bond motifs is 2. The molecule has 35 heavy (non-hydrogen) atoms. The number of ether oxygens (including phenoxy) is 6. The summed E-state index contributed by atoms with van der Waals surface area (Å²) in [6.45, 7) is -0.654. The largest absolute Gasteiger partial charge is 0.507 e. The summed E-state index contributed by atoms with van der Waals surface area (Å²) < 4.78 is 32.9. The van der Waals surface area contributed by atoms with Gasteiger partial charge in [0.1, 0.15) is 53.8 Å². The fourth-order valence-electron chi connectivity index (χ4n) is 4.41. The van der Waals surface area contributed by atoms with E-state index in [-0.39, 0.29) is 30.5 Å². The van der Waals surface area contributed by atoms with Crippen molar-refractivity contribution in [2.45, 2.75) is 36.6 Å². The quantitative estimate of drug-likeness (QED) is 0.368. The van der Waals surface area contributed by atoms with Crippen LogP contribution in [0.15, 0.2) is 24.3 Å². The molecule has 3 aliphatic heterocycles. The molecule has 0 amide bonds. The molecule has 0 saturated carbocycles. The Morgan fingerprint density at radius 3 is 2.57 bits per heavy atom. The third-order valence-corrected chi connectivity index (χ3v) is 6.23. The van der Waals surface area contributed by atoms with Gasteiger partial charge in [-0.2, -0.15) is 0 Å². The van der Waals surface area contributed by atoms with Gasteiger partial charge in [-0.3, -0.25) is 4.79 Å². The predicted molar refractivity (Wildman–Crippen MR) is 114 cm³/mol. The molecule has 12 heteroatoms. The Morgan fingerprint density at radius 1 is 1.03 bits per heavy atom. The number of carbonyl (C=O) groups excluding carboxylic acids is 1. The highest BCUT2D eigenvalue weighted by atomic mass is 16.7. The Morgan fingerprint density at radius 2 is 1.83 bits per heavy atom. The van der Waals surface area contributed by atoms with Gasteiger partial charge in [0.05, 0.1) is 19.6 Å². The van der Waals surface area contributed by atoms with Gasteiger partial charge >= 0.3 is 0 Å². The van der Waals surface area contributed by atoms with Gasteiger partial charge in [-0.05, 0) is 6.07 Å². The molecule has 12 nitrogen and oxygen atoms in total. The van der Waals surface area contributed by atoms with E-state index in [9.17, 15) is 30.3 Å². The number of carbonyl (C=O) groups is 1. The molecule has 1 saturated heterocycles. The number of aliphatic hydroxyl groups is 4. The molecular formula is C23H24O12. The molecule has 2 aromatic rings. The maximum Gasteiger partial charge on any atom is 0.231 e. The van der Waals surface area contributed by atoms with Crippen LogP contribution < -0.4 is 23.7 Å². The SMILES string of the molecule is COc1c(C2COc3cc(OC4OC(CO)C(O)C(O)C4O)cc(O)c3C2=O)ccc2c1OCO2. The number of aromatic hydroxyl groups is 1. The zero-order chi connectivity index (χ0) is 24.9. The number of ketones is 1. The second kappa shape index (κ2) is 9.06. The van der Waals surface area contributed by atoms with Gasteiger partial charge in [-0.15, -0.1) is 0 Å². The lowest BCUT2D eigenvalue weighted by Gasteiger charge is -2.39. The first-order chi connectivity index (χ1) is 16.8. The topological polar surface area (TPSA) is 174 Å². The van der Waals surface area contributed by atoms with E-state index in [0.29, 0.717) is 22.8 Å². The second-order valence-electron chi connectivity index (χ2n) is 8.28. The summed E-state index contributed by atoms with van der Waals surface area (Å²) in [5.41, 5.74) is 0.440. The summed E-state index contributed by atoms with van der Waals surface area (Å²) >= 11 is 0. The van der Waals surface area contributed by atoms with Crippen LogP contribution in [0.1, 0.15) is 21.8 Å². The third-order valence-electron chi connectivity index (χ3n) is 6.23. The number of hydrogen-bond donors (Lipinski definition) is 5. The molecule has 6 atom stereocenters. The summed E-state index contributed by atoms with van der Waals surface area (Å²) in [6, 6.07) is 5.82. The average Bonchev–Trinajstić information content (AvgIpc) is 3.33. The van der Waals surface area contributed by atoms with Crippen LogP contribution in [-0.2, 0) is 4.74 Å². The fraction of sp³-hybridized carbons (Fsp3) is 0.435. The van der Waals surface area contributed by atoms with Crippen molar-refractivity contribution in [3.63, 3.8) is 0 Å². The van der Waals surface area contributed by atoms with Crippen LogP contribution in [0.4, 0.5) is 0 Å². The van der Waals surface area contributed by atoms with E-state index >= 15 is 0 Å². The Hall–Kier alpha value is -3.29. The van der Waals surface area contributed by atoms with Crippen molar-refractivity contribution in [3.8, 4) is 34.5 Å². The first-order valence-corrected chi connectivity index (χ1v) is 10.8. The summed E-state index contributed by atoms with van der Waals surface area (Å²) in [7, 11) is 1.45. The van der Waals surface area contributed by atoms with Crippen molar-refractivity contribution in [1.82, 2.24) is 0 Å². The van der Waals surface area contributed by atoms with Crippen LogP contribution in [0.3, 0.4) is 0 Å². The Labute approximate surface area is 198 Å². The first-order valence-electron chi connectivity index (χ1n) is 10.8. The molecule has 1 fully saturated rings. The highest BCUT2D eigenvalue weighted by molar-refractivity contribution is 6.07. The van der Waals surface area contributed by atoms with Crippen molar-refractivity contribution < 1.29 is 58.7 Å². The van der Waals surface area contributed by atoms with Crippen LogP contribution in [0.5, 0.6) is 34.5 Å². The molecule has 0 aromatic heterocycles. The van der Waals surface area contributed by atoms with Crippen LogP contribution in [-0.4, -0.2) is 89.1 Å². The van der Waals surface area contributed by atoms with Crippen molar-refractivity contribution in [2.75, 3.05) is 27.1 Å². The van der Waals surface area contributed by atoms with Gasteiger partial charge < -0.3 is 54.0 Å². The smallest absolute Gasteiger partial charge is 0.231 e. The Bertz CT molecular complexity index is 1130. The van der Waals surface area contributed by atoms with E-state index in [1.807, 2.05) is 0 Å². The standard InChI is InChI=1S/C23H24O12/c1-30-21-10(2-3-13-22(21)33-8-32-13)11-7-31-14-5-9(4-12(25)16(14)17(11)26)34-23-20(29)19(28)18(27)15(6-24)35-23/h2-5,11,15,18-20,23-25,27-29H,6-8H2,1H3. The minimum Gasteiger partial charge on any atom is -0.507 e. The Balaban J connectivity index is 1.41. The zero-order valence-corrected chi connectivity index (χ0v) is 18.5. The molecule has 0 bridgehead atoms. The number of hydrogen-bond acceptors (Lipinski definition) is 12. The van der Waals surface area contributed by atoms with E-state index in [1.165, 1.54) is 13.2 Å². The van der Waals surface area contributed by atoms with Gasteiger partial charge in [0.2, 0.25) is 18.8 Å². The molecular weight excluding hydrogens is 468 g/mol. The third kappa shape index (κ3) is 3.89. The average molecular weight is 492 g/mol. The van der Waals surface area contributed by atoms with E-state index < -0.39 is 54.8 Å². The fourth-order valence-corrected chi connectivity index (χ4v) is 4.41. The second-order valence-corrected chi connectivity index (χ2v) is 8.28. The number of phenolic OH excluding ortho intramolecular Hbond substituents is 1. The lowest BCUT2D eigenvalue weighted by atomic mass is 9.87. The highest BCUT2D eigenvalue weighted by Crippen LogP contribution is 2.48. The summed E-state index contributed by atoms with van der Waals surface area (Å²) in [6.07, 6.45) is -7.45. The molecule has 3 heterocycles. The minimum absolute atomic E-state index is 0.0301. The molecule has 0 radical (unpaired) electrons. The summed E-state index contributed by atoms with van der Waals surface area (Å²) in [5, 5.41) is 50.0. The number of phenols is 1. The molecule has 5 N–H and O–H groups in total. The van der Waals surface area contributed by atoms with Crippen LogP contribution in [0.25, 0.3) is 0 Å². The van der Waals surface area contributed by atoms with Crippen molar-refractivity contribution in [3.05, 3.63) is 35.4 Å². The first kappa shape index (κ1) is 23.5. The number of rotatable bonds is 5. The number of aliphatic hydroxyl groups excluding tert-OH is 4. The van der Waals surface area contributed by atoms with Crippen molar-refractivity contribution in [1.29, 1.82) is 0 Å². The van der Waals surface area contributed by atoms with Crippen LogP contribution >= 0.6 is 0 Å². The van der Waals surface area contributed by atoms with Crippen LogP contribution in [0, 0.1) is 0 Å². The summed E-state index contributed by atoms with van der Waals surface area (Å²) in [4.78, 5) is 13.4. The van der Waals surface area contributed by atoms with E-state index in [4.69, 9.17) is 28.4 Å². The molecule has 6 unspecified atom stereocenters. The number of benzene rings is 2. The van der Waals surface area contributed by atoms with Gasteiger partial charge in [0.15, 0.2) is 17.3 Å². The number of Topliss-reactive ketones (excluding diaryl/α,β-unsaturated/α-hetero) is 1. The Kier molecular flexibility index (Phi) is 6.07. The lowest BCUT2D eigenvalue weighted by molar-refractivity contribution is -0.277.